The number of likely N-dealkylation sites (N-methyl/N-ethyl adjacent to an activating group) is 1. The number of ether oxygens (including phenoxy) is 1. The van der Waals surface area contributed by atoms with Gasteiger partial charge in [-0.1, -0.05) is 24.3 Å². The van der Waals surface area contributed by atoms with Gasteiger partial charge in [0, 0.05) is 33.4 Å². The van der Waals surface area contributed by atoms with Gasteiger partial charge in [0.05, 0.1) is 11.8 Å². The molecule has 1 aromatic rings. The van der Waals surface area contributed by atoms with E-state index in [0.717, 1.165) is 16.2 Å². The van der Waals surface area contributed by atoms with Gasteiger partial charge in [-0.2, -0.15) is 0 Å². The SMILES string of the molecule is C[C@@H](C(=O)OCC(=O)N(C)Cc1ccc(N(C)C)cc1)N1C(=O)[C@@H]2CC=CC[C@H]2C1=O. The van der Waals surface area contributed by atoms with Gasteiger partial charge in [-0.05, 0) is 37.5 Å². The fourth-order valence-corrected chi connectivity index (χ4v) is 3.94. The Morgan fingerprint density at radius 1 is 1.03 bits per heavy atom. The van der Waals surface area contributed by atoms with Gasteiger partial charge in [0.1, 0.15) is 6.04 Å². The van der Waals surface area contributed by atoms with Crippen molar-refractivity contribution >= 4 is 29.4 Å². The zero-order valence-electron chi connectivity index (χ0n) is 18.4. The molecule has 3 atom stereocenters. The molecule has 1 heterocycles. The number of carbonyl (C=O) groups excluding carboxylic acids is 4. The van der Waals surface area contributed by atoms with Crippen molar-refractivity contribution in [2.24, 2.45) is 11.8 Å². The molecule has 1 aliphatic heterocycles. The summed E-state index contributed by atoms with van der Waals surface area (Å²) < 4.78 is 5.14. The first-order valence-electron chi connectivity index (χ1n) is 10.4. The Kier molecular flexibility index (Phi) is 6.77. The Bertz CT molecular complexity index is 867. The summed E-state index contributed by atoms with van der Waals surface area (Å²) in [5, 5.41) is 0. The number of fused-ring (bicyclic) bond motifs is 1. The van der Waals surface area contributed by atoms with Crippen LogP contribution in [0.4, 0.5) is 5.69 Å². The number of nitrogens with zero attached hydrogens (tertiary/aromatic N) is 3. The lowest BCUT2D eigenvalue weighted by atomic mass is 9.85. The molecule has 0 spiro atoms. The lowest BCUT2D eigenvalue weighted by Crippen LogP contribution is -2.45. The molecule has 2 aliphatic rings. The predicted octanol–water partition coefficient (Wildman–Crippen LogP) is 1.59. The molecule has 166 valence electrons. The molecule has 8 nitrogen and oxygen atoms in total. The standard InChI is InChI=1S/C23H29N3O5/c1-15(26-21(28)18-7-5-6-8-19(18)22(26)29)23(30)31-14-20(27)25(4)13-16-9-11-17(12-10-16)24(2)3/h5-6,9-12,15,18-19H,7-8,13-14H2,1-4H3/t15-,18+,19+/m0/s1. The third-order valence-corrected chi connectivity index (χ3v) is 5.91. The van der Waals surface area contributed by atoms with Crippen LogP contribution in [0.3, 0.4) is 0 Å². The van der Waals surface area contributed by atoms with Crippen LogP contribution < -0.4 is 4.90 Å². The van der Waals surface area contributed by atoms with E-state index in [1.54, 1.807) is 7.05 Å². The van der Waals surface area contributed by atoms with Crippen molar-refractivity contribution in [3.63, 3.8) is 0 Å². The van der Waals surface area contributed by atoms with Gasteiger partial charge in [-0.15, -0.1) is 0 Å². The van der Waals surface area contributed by atoms with Crippen molar-refractivity contribution in [2.75, 3.05) is 32.6 Å². The van der Waals surface area contributed by atoms with Crippen molar-refractivity contribution in [1.29, 1.82) is 0 Å². The third kappa shape index (κ3) is 4.78. The summed E-state index contributed by atoms with van der Waals surface area (Å²) in [7, 11) is 5.53. The van der Waals surface area contributed by atoms with Crippen molar-refractivity contribution < 1.29 is 23.9 Å². The predicted molar refractivity (Wildman–Crippen MR) is 115 cm³/mol. The second-order valence-electron chi connectivity index (χ2n) is 8.30. The summed E-state index contributed by atoms with van der Waals surface area (Å²) in [6.45, 7) is 1.39. The molecular weight excluding hydrogens is 398 g/mol. The van der Waals surface area contributed by atoms with Crippen LogP contribution in [0.25, 0.3) is 0 Å². The monoisotopic (exact) mass is 427 g/mol. The highest BCUT2D eigenvalue weighted by Crippen LogP contribution is 2.36. The van der Waals surface area contributed by atoms with E-state index in [1.165, 1.54) is 11.8 Å². The maximum atomic E-state index is 12.6. The first kappa shape index (κ1) is 22.5. The van der Waals surface area contributed by atoms with Crippen LogP contribution in [0.1, 0.15) is 25.3 Å². The van der Waals surface area contributed by atoms with E-state index in [2.05, 4.69) is 0 Å². The Morgan fingerprint density at radius 2 is 1.58 bits per heavy atom. The van der Waals surface area contributed by atoms with Crippen LogP contribution in [-0.2, 0) is 30.5 Å². The Morgan fingerprint density at radius 3 is 2.10 bits per heavy atom. The number of rotatable bonds is 7. The number of anilines is 1. The zero-order valence-corrected chi connectivity index (χ0v) is 18.4. The van der Waals surface area contributed by atoms with Gasteiger partial charge in [0.15, 0.2) is 6.61 Å². The molecule has 1 fully saturated rings. The van der Waals surface area contributed by atoms with Crippen LogP contribution in [0.15, 0.2) is 36.4 Å². The van der Waals surface area contributed by atoms with Crippen LogP contribution in [0, 0.1) is 11.8 Å². The summed E-state index contributed by atoms with van der Waals surface area (Å²) in [5.74, 6) is -2.61. The molecule has 8 heteroatoms. The maximum Gasteiger partial charge on any atom is 0.329 e. The quantitative estimate of drug-likeness (QED) is 0.373. The molecule has 1 aromatic carbocycles. The molecule has 1 saturated heterocycles. The van der Waals surface area contributed by atoms with Gasteiger partial charge in [-0.3, -0.25) is 19.3 Å². The third-order valence-electron chi connectivity index (χ3n) is 5.91. The number of esters is 1. The molecule has 1 aliphatic carbocycles. The van der Waals surface area contributed by atoms with Crippen molar-refractivity contribution in [3.05, 3.63) is 42.0 Å². The molecule has 31 heavy (non-hydrogen) atoms. The van der Waals surface area contributed by atoms with Gasteiger partial charge >= 0.3 is 5.97 Å². The van der Waals surface area contributed by atoms with E-state index in [4.69, 9.17) is 4.74 Å². The zero-order chi connectivity index (χ0) is 22.7. The van der Waals surface area contributed by atoms with Crippen LogP contribution in [0.5, 0.6) is 0 Å². The van der Waals surface area contributed by atoms with E-state index in [9.17, 15) is 19.2 Å². The topological polar surface area (TPSA) is 87.2 Å². The first-order valence-corrected chi connectivity index (χ1v) is 10.4. The molecule has 0 saturated carbocycles. The number of imide groups is 1. The smallest absolute Gasteiger partial charge is 0.329 e. The number of allylic oxidation sites excluding steroid dienone is 2. The number of benzene rings is 1. The number of hydrogen-bond donors (Lipinski definition) is 0. The lowest BCUT2D eigenvalue weighted by Gasteiger charge is -2.22. The molecule has 0 radical (unpaired) electrons. The molecule has 3 rings (SSSR count). The molecule has 0 N–H and O–H groups in total. The number of amides is 3. The minimum atomic E-state index is -1.05. The van der Waals surface area contributed by atoms with E-state index in [0.29, 0.717) is 19.4 Å². The Hall–Kier alpha value is -3.16. The Labute approximate surface area is 182 Å². The normalized spacial score (nSPS) is 21.0. The lowest BCUT2D eigenvalue weighted by molar-refractivity contribution is -0.161. The average molecular weight is 428 g/mol. The molecule has 0 unspecified atom stereocenters. The summed E-state index contributed by atoms with van der Waals surface area (Å²) in [6, 6.07) is 6.75. The van der Waals surface area contributed by atoms with E-state index in [1.807, 2.05) is 55.4 Å². The van der Waals surface area contributed by atoms with Crippen LogP contribution in [-0.4, -0.2) is 67.3 Å². The minimum absolute atomic E-state index is 0.339. The largest absolute Gasteiger partial charge is 0.454 e. The molecular formula is C23H29N3O5. The summed E-state index contributed by atoms with van der Waals surface area (Å²) in [5.41, 5.74) is 2.01. The maximum absolute atomic E-state index is 12.6. The number of carbonyl (C=O) groups is 4. The van der Waals surface area contributed by atoms with Crippen LogP contribution in [0.2, 0.25) is 0 Å². The van der Waals surface area contributed by atoms with E-state index in [-0.39, 0.29) is 17.7 Å². The van der Waals surface area contributed by atoms with Gasteiger partial charge in [0.2, 0.25) is 11.8 Å². The van der Waals surface area contributed by atoms with Crippen molar-refractivity contribution in [2.45, 2.75) is 32.4 Å². The minimum Gasteiger partial charge on any atom is -0.454 e. The Balaban J connectivity index is 1.52. The first-order chi connectivity index (χ1) is 14.7. The van der Waals surface area contributed by atoms with Crippen molar-refractivity contribution in [3.8, 4) is 0 Å². The average Bonchev–Trinajstić information content (AvgIpc) is 3.02. The summed E-state index contributed by atoms with van der Waals surface area (Å²) >= 11 is 0. The molecule has 3 amide bonds. The van der Waals surface area contributed by atoms with Crippen LogP contribution >= 0.6 is 0 Å². The highest BCUT2D eigenvalue weighted by Gasteiger charge is 2.50. The van der Waals surface area contributed by atoms with E-state index < -0.39 is 30.5 Å². The summed E-state index contributed by atoms with van der Waals surface area (Å²) in [6.07, 6.45) is 4.79. The number of hydrogen-bond acceptors (Lipinski definition) is 6. The van der Waals surface area contributed by atoms with Gasteiger partial charge in [0.25, 0.3) is 5.91 Å². The highest BCUT2D eigenvalue weighted by atomic mass is 16.5. The molecule has 0 bridgehead atoms. The van der Waals surface area contributed by atoms with Crippen molar-refractivity contribution in [1.82, 2.24) is 9.80 Å². The highest BCUT2D eigenvalue weighted by molar-refractivity contribution is 6.08. The second-order valence-corrected chi connectivity index (χ2v) is 8.30. The van der Waals surface area contributed by atoms with Gasteiger partial charge in [-0.25, -0.2) is 4.79 Å². The van der Waals surface area contributed by atoms with Gasteiger partial charge < -0.3 is 14.5 Å². The van der Waals surface area contributed by atoms with E-state index >= 15 is 0 Å². The fraction of sp³-hybridized carbons (Fsp3) is 0.478. The second kappa shape index (κ2) is 9.32. The summed E-state index contributed by atoms with van der Waals surface area (Å²) in [4.78, 5) is 54.5. The fourth-order valence-electron chi connectivity index (χ4n) is 3.94. The molecule has 0 aromatic heterocycles. The number of likely N-dealkylation sites (tertiary alicyclic amines) is 1.